The second-order valence-corrected chi connectivity index (χ2v) is 12.6. The number of rotatable bonds is 12. The topological polar surface area (TPSA) is 73.6 Å². The van der Waals surface area contributed by atoms with Crippen molar-refractivity contribution in [2.75, 3.05) is 24.6 Å². The van der Waals surface area contributed by atoms with Crippen molar-refractivity contribution in [1.82, 2.24) is 0 Å². The molecule has 0 amide bonds. The fraction of sp³-hybridized carbons (Fsp3) is 0.576. The molecule has 5 heteroatoms. The van der Waals surface area contributed by atoms with Gasteiger partial charge in [-0.05, 0) is 103 Å². The standard InChI is InChI=1S/C33H44N2O3/c1-33(2,3)16-5-7-27-10-9-24(13-17-34)20-31(27)35-18-14-25(15-19-35)23-38-29-8-4-6-28(21-29)30(22-32(36)37)26-11-12-26/h4,6,8-10,20-21,25-26,30H,5,7,11-16,18-19,22-23H2,1-3H3,(H,36,37). The molecule has 1 aliphatic heterocycles. The van der Waals surface area contributed by atoms with Gasteiger partial charge in [0.2, 0.25) is 0 Å². The largest absolute Gasteiger partial charge is 0.493 e. The first kappa shape index (κ1) is 28.0. The minimum absolute atomic E-state index is 0.0914. The van der Waals surface area contributed by atoms with Gasteiger partial charge in [0.05, 0.1) is 25.5 Å². The van der Waals surface area contributed by atoms with Gasteiger partial charge >= 0.3 is 5.97 Å². The van der Waals surface area contributed by atoms with E-state index < -0.39 is 5.97 Å². The Morgan fingerprint density at radius 3 is 2.55 bits per heavy atom. The van der Waals surface area contributed by atoms with Crippen LogP contribution in [0.5, 0.6) is 5.75 Å². The number of nitrogens with zero attached hydrogens (tertiary/aromatic N) is 2. The zero-order chi connectivity index (χ0) is 27.1. The number of aliphatic carboxylic acids is 1. The molecule has 0 bridgehead atoms. The first-order valence-electron chi connectivity index (χ1n) is 14.4. The smallest absolute Gasteiger partial charge is 0.303 e. The van der Waals surface area contributed by atoms with Crippen molar-refractivity contribution in [3.63, 3.8) is 0 Å². The first-order chi connectivity index (χ1) is 18.2. The monoisotopic (exact) mass is 516 g/mol. The highest BCUT2D eigenvalue weighted by Crippen LogP contribution is 2.45. The van der Waals surface area contributed by atoms with E-state index in [1.165, 1.54) is 24.1 Å². The predicted octanol–water partition coefficient (Wildman–Crippen LogP) is 7.39. The van der Waals surface area contributed by atoms with Crippen LogP contribution in [0.25, 0.3) is 0 Å². The molecule has 4 rings (SSSR count). The predicted molar refractivity (Wildman–Crippen MR) is 153 cm³/mol. The third-order valence-corrected chi connectivity index (χ3v) is 8.12. The third-order valence-electron chi connectivity index (χ3n) is 8.12. The van der Waals surface area contributed by atoms with Crippen molar-refractivity contribution < 1.29 is 14.6 Å². The van der Waals surface area contributed by atoms with Crippen LogP contribution in [-0.2, 0) is 17.6 Å². The van der Waals surface area contributed by atoms with Crippen LogP contribution in [0.4, 0.5) is 5.69 Å². The summed E-state index contributed by atoms with van der Waals surface area (Å²) in [5.41, 5.74) is 5.24. The highest BCUT2D eigenvalue weighted by atomic mass is 16.5. The summed E-state index contributed by atoms with van der Waals surface area (Å²) < 4.78 is 6.24. The third kappa shape index (κ3) is 8.25. The van der Waals surface area contributed by atoms with Gasteiger partial charge in [0.15, 0.2) is 0 Å². The summed E-state index contributed by atoms with van der Waals surface area (Å²) in [7, 11) is 0. The van der Waals surface area contributed by atoms with Crippen LogP contribution in [0.2, 0.25) is 0 Å². The van der Waals surface area contributed by atoms with Gasteiger partial charge < -0.3 is 14.7 Å². The molecule has 1 atom stereocenters. The average molecular weight is 517 g/mol. The lowest BCUT2D eigenvalue weighted by molar-refractivity contribution is -0.137. The molecule has 1 saturated heterocycles. The van der Waals surface area contributed by atoms with Gasteiger partial charge in [-0.25, -0.2) is 0 Å². The summed E-state index contributed by atoms with van der Waals surface area (Å²) in [6.07, 6.45) is 8.49. The van der Waals surface area contributed by atoms with Crippen LogP contribution in [0.1, 0.15) is 88.3 Å². The summed E-state index contributed by atoms with van der Waals surface area (Å²) in [5.74, 6) is 1.21. The van der Waals surface area contributed by atoms with Gasteiger partial charge in [-0.2, -0.15) is 5.26 Å². The minimum atomic E-state index is -0.726. The normalized spacial score (nSPS) is 17.2. The number of benzene rings is 2. The molecular formula is C33H44N2O3. The molecule has 1 aliphatic carbocycles. The number of hydrogen-bond acceptors (Lipinski definition) is 4. The van der Waals surface area contributed by atoms with E-state index in [9.17, 15) is 15.2 Å². The molecule has 2 fully saturated rings. The Balaban J connectivity index is 1.34. The molecule has 1 saturated carbocycles. The molecule has 2 aromatic carbocycles. The lowest BCUT2D eigenvalue weighted by Crippen LogP contribution is -2.36. The van der Waals surface area contributed by atoms with Gasteiger partial charge in [-0.15, -0.1) is 0 Å². The van der Waals surface area contributed by atoms with Crippen molar-refractivity contribution in [1.29, 1.82) is 5.26 Å². The van der Waals surface area contributed by atoms with E-state index in [-0.39, 0.29) is 12.3 Å². The Hall–Kier alpha value is -3.00. The van der Waals surface area contributed by atoms with Crippen molar-refractivity contribution in [3.05, 3.63) is 59.2 Å². The number of carbonyl (C=O) groups is 1. The molecule has 5 nitrogen and oxygen atoms in total. The first-order valence-corrected chi connectivity index (χ1v) is 14.4. The Morgan fingerprint density at radius 2 is 1.89 bits per heavy atom. The van der Waals surface area contributed by atoms with E-state index in [0.29, 0.717) is 30.3 Å². The minimum Gasteiger partial charge on any atom is -0.493 e. The summed E-state index contributed by atoms with van der Waals surface area (Å²) in [6.45, 7) is 9.59. The lowest BCUT2D eigenvalue weighted by atomic mass is 9.88. The van der Waals surface area contributed by atoms with Crippen LogP contribution < -0.4 is 9.64 Å². The molecule has 1 N–H and O–H groups in total. The zero-order valence-electron chi connectivity index (χ0n) is 23.4. The summed E-state index contributed by atoms with van der Waals surface area (Å²) in [5, 5.41) is 18.6. The molecule has 1 heterocycles. The highest BCUT2D eigenvalue weighted by Gasteiger charge is 2.34. The van der Waals surface area contributed by atoms with E-state index in [1.807, 2.05) is 12.1 Å². The molecule has 2 aromatic rings. The number of piperidine rings is 1. The van der Waals surface area contributed by atoms with E-state index >= 15 is 0 Å². The van der Waals surface area contributed by atoms with E-state index in [4.69, 9.17) is 4.74 Å². The molecule has 2 aliphatic rings. The zero-order valence-corrected chi connectivity index (χ0v) is 23.4. The highest BCUT2D eigenvalue weighted by molar-refractivity contribution is 5.68. The van der Waals surface area contributed by atoms with Gasteiger partial charge in [0.25, 0.3) is 0 Å². The molecule has 1 unspecified atom stereocenters. The van der Waals surface area contributed by atoms with Crippen LogP contribution in [0.3, 0.4) is 0 Å². The van der Waals surface area contributed by atoms with Crippen molar-refractivity contribution in [2.45, 2.75) is 84.5 Å². The van der Waals surface area contributed by atoms with Gasteiger partial charge in [0.1, 0.15) is 5.75 Å². The number of aryl methyl sites for hydroxylation is 1. The average Bonchev–Trinajstić information content (AvgIpc) is 3.72. The Morgan fingerprint density at radius 1 is 1.13 bits per heavy atom. The molecular weight excluding hydrogens is 472 g/mol. The fourth-order valence-corrected chi connectivity index (χ4v) is 5.76. The Labute approximate surface area is 228 Å². The van der Waals surface area contributed by atoms with Gasteiger partial charge in [-0.3, -0.25) is 4.79 Å². The number of ether oxygens (including phenoxy) is 1. The maximum atomic E-state index is 11.4. The summed E-state index contributed by atoms with van der Waals surface area (Å²) in [6, 6.07) is 17.0. The Kier molecular flexibility index (Phi) is 9.36. The van der Waals surface area contributed by atoms with Crippen molar-refractivity contribution in [3.8, 4) is 11.8 Å². The van der Waals surface area contributed by atoms with E-state index in [2.05, 4.69) is 62.1 Å². The molecule has 0 radical (unpaired) electrons. The number of nitriles is 1. The second-order valence-electron chi connectivity index (χ2n) is 12.6. The summed E-state index contributed by atoms with van der Waals surface area (Å²) in [4.78, 5) is 13.9. The molecule has 0 aromatic heterocycles. The summed E-state index contributed by atoms with van der Waals surface area (Å²) >= 11 is 0. The molecule has 38 heavy (non-hydrogen) atoms. The number of hydrogen-bond donors (Lipinski definition) is 1. The second kappa shape index (κ2) is 12.7. The van der Waals surface area contributed by atoms with Crippen LogP contribution in [-0.4, -0.2) is 30.8 Å². The fourth-order valence-electron chi connectivity index (χ4n) is 5.76. The molecule has 0 spiro atoms. The van der Waals surface area contributed by atoms with Crippen molar-refractivity contribution in [2.24, 2.45) is 17.3 Å². The van der Waals surface area contributed by atoms with Crippen LogP contribution in [0, 0.1) is 28.6 Å². The molecule has 204 valence electrons. The quantitative estimate of drug-likeness (QED) is 0.318. The SMILES string of the molecule is CC(C)(C)CCCc1ccc(CC#N)cc1N1CCC(COc2cccc(C(CC(=O)O)C3CC3)c2)CC1. The van der Waals surface area contributed by atoms with Crippen LogP contribution >= 0.6 is 0 Å². The van der Waals surface area contributed by atoms with Gasteiger partial charge in [-0.1, -0.05) is 45.0 Å². The van der Waals surface area contributed by atoms with E-state index in [1.54, 1.807) is 0 Å². The Bertz CT molecular complexity index is 1120. The van der Waals surface area contributed by atoms with Crippen molar-refractivity contribution >= 4 is 11.7 Å². The number of anilines is 1. The maximum absolute atomic E-state index is 11.4. The van der Waals surface area contributed by atoms with Crippen LogP contribution in [0.15, 0.2) is 42.5 Å². The maximum Gasteiger partial charge on any atom is 0.303 e. The van der Waals surface area contributed by atoms with Gasteiger partial charge in [0, 0.05) is 18.8 Å². The number of carboxylic acids is 1. The lowest BCUT2D eigenvalue weighted by Gasteiger charge is -2.35. The van der Waals surface area contributed by atoms with E-state index in [0.717, 1.165) is 62.1 Å². The number of carboxylic acid groups (broad SMARTS) is 1.